The van der Waals surface area contributed by atoms with Crippen molar-refractivity contribution in [1.82, 2.24) is 14.8 Å². The number of carbonyl (C=O) groups excluding carboxylic acids is 1. The van der Waals surface area contributed by atoms with Gasteiger partial charge in [0.2, 0.25) is 0 Å². The van der Waals surface area contributed by atoms with E-state index in [4.69, 9.17) is 4.98 Å². The third-order valence-electron chi connectivity index (χ3n) is 4.22. The molecule has 0 aliphatic carbocycles. The van der Waals surface area contributed by atoms with Gasteiger partial charge in [-0.1, -0.05) is 30.4 Å². The van der Waals surface area contributed by atoms with Gasteiger partial charge >= 0.3 is 5.97 Å². The summed E-state index contributed by atoms with van der Waals surface area (Å²) in [4.78, 5) is 21.7. The minimum absolute atomic E-state index is 0.0451. The summed E-state index contributed by atoms with van der Waals surface area (Å²) in [6.45, 7) is 8.43. The first-order chi connectivity index (χ1) is 12.6. The first-order valence-electron chi connectivity index (χ1n) is 8.58. The fourth-order valence-corrected chi connectivity index (χ4v) is 3.99. The first kappa shape index (κ1) is 18.3. The third-order valence-corrected chi connectivity index (χ3v) is 5.30. The van der Waals surface area contributed by atoms with Crippen LogP contribution in [0.3, 0.4) is 0 Å². The molecular formula is C18H21FN4O2S. The van der Waals surface area contributed by atoms with Crippen LogP contribution in [0.1, 0.15) is 42.0 Å². The van der Waals surface area contributed by atoms with Crippen LogP contribution in [0.5, 0.6) is 0 Å². The van der Waals surface area contributed by atoms with Crippen LogP contribution in [0.25, 0.3) is 10.2 Å². The molecule has 0 saturated carbocycles. The molecule has 0 saturated heterocycles. The molecule has 0 bridgehead atoms. The van der Waals surface area contributed by atoms with Crippen molar-refractivity contribution < 1.29 is 14.3 Å². The number of anilines is 1. The van der Waals surface area contributed by atoms with E-state index in [1.807, 2.05) is 19.1 Å². The first-order valence-corrected chi connectivity index (χ1v) is 9.39. The molecule has 0 aliphatic rings. The Morgan fingerprint density at radius 2 is 2.19 bits per heavy atom. The second kappa shape index (κ2) is 7.82. The summed E-state index contributed by atoms with van der Waals surface area (Å²) in [6.07, 6.45) is 1.07. The number of rotatable bonds is 7. The molecule has 0 fully saturated rings. The topological polar surface area (TPSA) is 60.2 Å². The Balaban J connectivity index is 1.94. The lowest BCUT2D eigenvalue weighted by Gasteiger charge is -2.18. The Labute approximate surface area is 155 Å². The number of carbonyl (C=O) groups is 1. The molecule has 2 aromatic heterocycles. The van der Waals surface area contributed by atoms with Gasteiger partial charge in [0.1, 0.15) is 0 Å². The average Bonchev–Trinajstić information content (AvgIpc) is 3.23. The van der Waals surface area contributed by atoms with Crippen molar-refractivity contribution >= 4 is 32.7 Å². The van der Waals surface area contributed by atoms with Crippen molar-refractivity contribution in [2.75, 3.05) is 18.0 Å². The normalized spacial score (nSPS) is 11.1. The van der Waals surface area contributed by atoms with Crippen LogP contribution in [0.15, 0.2) is 24.3 Å². The van der Waals surface area contributed by atoms with Gasteiger partial charge in [-0.05, 0) is 32.4 Å². The fraction of sp³-hybridized carbons (Fsp3) is 0.389. The van der Waals surface area contributed by atoms with E-state index in [-0.39, 0.29) is 5.69 Å². The van der Waals surface area contributed by atoms with Crippen molar-refractivity contribution in [3.63, 3.8) is 0 Å². The zero-order valence-electron chi connectivity index (χ0n) is 15.0. The van der Waals surface area contributed by atoms with Crippen molar-refractivity contribution in [2.24, 2.45) is 0 Å². The zero-order chi connectivity index (χ0) is 18.7. The van der Waals surface area contributed by atoms with Gasteiger partial charge in [0.15, 0.2) is 10.8 Å². The van der Waals surface area contributed by atoms with E-state index in [1.54, 1.807) is 16.0 Å². The summed E-state index contributed by atoms with van der Waals surface area (Å²) in [5, 5.41) is 5.15. The number of aromatic nitrogens is 3. The lowest BCUT2D eigenvalue weighted by molar-refractivity contribution is -0.0793. The zero-order valence-corrected chi connectivity index (χ0v) is 15.8. The minimum atomic E-state index is -1.08. The summed E-state index contributed by atoms with van der Waals surface area (Å²) in [5.41, 5.74) is 2.64. The predicted molar refractivity (Wildman–Crippen MR) is 100 cm³/mol. The van der Waals surface area contributed by atoms with Gasteiger partial charge < -0.3 is 4.90 Å². The fourth-order valence-electron chi connectivity index (χ4n) is 2.89. The minimum Gasteiger partial charge on any atom is -0.348 e. The third kappa shape index (κ3) is 3.55. The highest BCUT2D eigenvalue weighted by atomic mass is 32.1. The summed E-state index contributed by atoms with van der Waals surface area (Å²) < 4.78 is 14.9. The molecule has 138 valence electrons. The van der Waals surface area contributed by atoms with Crippen LogP contribution in [-0.2, 0) is 11.5 Å². The molecule has 0 radical (unpaired) electrons. The number of halogens is 1. The molecule has 0 N–H and O–H groups in total. The molecule has 3 rings (SSSR count). The standard InChI is InChI=1S/C18H21FN4O2S/c1-4-9-22(5-2)18-20-16-13(7-6-8-15(16)26-18)11-23-12(3)10-14(21-23)17(24)25-19/h6-8,10H,4-5,9,11H2,1-3H3. The number of nitrogens with zero attached hydrogens (tertiary/aromatic N) is 4. The molecule has 1 aromatic carbocycles. The highest BCUT2D eigenvalue weighted by Gasteiger charge is 2.17. The maximum Gasteiger partial charge on any atom is 0.399 e. The van der Waals surface area contributed by atoms with E-state index in [1.165, 1.54) is 6.07 Å². The second-order valence-corrected chi connectivity index (χ2v) is 7.04. The highest BCUT2D eigenvalue weighted by molar-refractivity contribution is 7.22. The Morgan fingerprint density at radius 1 is 1.38 bits per heavy atom. The van der Waals surface area contributed by atoms with Crippen LogP contribution in [-0.4, -0.2) is 33.8 Å². The Bertz CT molecular complexity index is 921. The number of aryl methyl sites for hydroxylation is 1. The van der Waals surface area contributed by atoms with Crippen LogP contribution in [0, 0.1) is 6.92 Å². The molecule has 2 heterocycles. The van der Waals surface area contributed by atoms with E-state index >= 15 is 0 Å². The maximum atomic E-state index is 12.1. The molecule has 8 heteroatoms. The van der Waals surface area contributed by atoms with Gasteiger partial charge in [0, 0.05) is 28.9 Å². The number of hydrogen-bond donors (Lipinski definition) is 0. The highest BCUT2D eigenvalue weighted by Crippen LogP contribution is 2.31. The molecule has 3 aromatic rings. The number of hydrogen-bond acceptors (Lipinski definition) is 6. The van der Waals surface area contributed by atoms with Crippen LogP contribution in [0.4, 0.5) is 9.66 Å². The van der Waals surface area contributed by atoms with Gasteiger partial charge in [0.05, 0.1) is 16.8 Å². The molecule has 0 spiro atoms. The maximum absolute atomic E-state index is 12.1. The number of thiazole rings is 1. The molecule has 6 nitrogen and oxygen atoms in total. The SMILES string of the molecule is CCCN(CC)c1nc2c(Cn3nc(C(=O)OF)cc3C)cccc2s1. The van der Waals surface area contributed by atoms with E-state index < -0.39 is 5.97 Å². The molecule has 0 atom stereocenters. The summed E-state index contributed by atoms with van der Waals surface area (Å²) in [6, 6.07) is 7.55. The Kier molecular flexibility index (Phi) is 5.51. The average molecular weight is 376 g/mol. The van der Waals surface area contributed by atoms with Crippen molar-refractivity contribution in [3.05, 3.63) is 41.2 Å². The second-order valence-electron chi connectivity index (χ2n) is 6.03. The summed E-state index contributed by atoms with van der Waals surface area (Å²) >= 11 is 1.67. The predicted octanol–water partition coefficient (Wildman–Crippen LogP) is 4.13. The van der Waals surface area contributed by atoms with E-state index in [2.05, 4.69) is 34.9 Å². The molecule has 0 amide bonds. The van der Waals surface area contributed by atoms with Crippen LogP contribution < -0.4 is 4.90 Å². The lowest BCUT2D eigenvalue weighted by Crippen LogP contribution is -2.23. The monoisotopic (exact) mass is 376 g/mol. The number of benzene rings is 1. The number of para-hydroxylation sites is 1. The lowest BCUT2D eigenvalue weighted by atomic mass is 10.2. The molecular weight excluding hydrogens is 355 g/mol. The van der Waals surface area contributed by atoms with Gasteiger partial charge in [-0.25, -0.2) is 14.7 Å². The summed E-state index contributed by atoms with van der Waals surface area (Å²) in [5.74, 6) is -1.08. The van der Waals surface area contributed by atoms with Gasteiger partial charge in [0.25, 0.3) is 0 Å². The molecule has 0 aliphatic heterocycles. The Hall–Kier alpha value is -2.48. The largest absolute Gasteiger partial charge is 0.399 e. The van der Waals surface area contributed by atoms with Crippen molar-refractivity contribution in [3.8, 4) is 0 Å². The summed E-state index contributed by atoms with van der Waals surface area (Å²) in [7, 11) is 0. The van der Waals surface area contributed by atoms with Crippen LogP contribution in [0.2, 0.25) is 0 Å². The van der Waals surface area contributed by atoms with E-state index in [0.717, 1.165) is 46.1 Å². The molecule has 26 heavy (non-hydrogen) atoms. The van der Waals surface area contributed by atoms with E-state index in [9.17, 15) is 9.32 Å². The molecule has 0 unspecified atom stereocenters. The van der Waals surface area contributed by atoms with Gasteiger partial charge in [-0.15, -0.1) is 0 Å². The van der Waals surface area contributed by atoms with Crippen molar-refractivity contribution in [1.29, 1.82) is 0 Å². The number of fused-ring (bicyclic) bond motifs is 1. The van der Waals surface area contributed by atoms with Crippen LogP contribution >= 0.6 is 11.3 Å². The Morgan fingerprint density at radius 3 is 2.88 bits per heavy atom. The van der Waals surface area contributed by atoms with E-state index in [0.29, 0.717) is 6.54 Å². The van der Waals surface area contributed by atoms with Crippen molar-refractivity contribution in [2.45, 2.75) is 33.7 Å². The van der Waals surface area contributed by atoms with Gasteiger partial charge in [-0.2, -0.15) is 5.10 Å². The smallest absolute Gasteiger partial charge is 0.348 e. The van der Waals surface area contributed by atoms with Gasteiger partial charge in [-0.3, -0.25) is 4.68 Å². The quantitative estimate of drug-likeness (QED) is 0.621.